The molecule has 1 amide bonds. The predicted octanol–water partition coefficient (Wildman–Crippen LogP) is 1.78. The van der Waals surface area contributed by atoms with E-state index in [1.54, 1.807) is 28.8 Å². The fraction of sp³-hybridized carbons (Fsp3) is 0.273. The van der Waals surface area contributed by atoms with Gasteiger partial charge < -0.3 is 14.8 Å². The highest BCUT2D eigenvalue weighted by atomic mass is 32.2. The third-order valence-electron chi connectivity index (χ3n) is 6.47. The third kappa shape index (κ3) is 2.80. The Bertz CT molecular complexity index is 1500. The van der Waals surface area contributed by atoms with Crippen LogP contribution in [0.4, 0.5) is 0 Å². The van der Waals surface area contributed by atoms with Crippen LogP contribution in [-0.2, 0) is 14.9 Å². The van der Waals surface area contributed by atoms with E-state index in [4.69, 9.17) is 0 Å². The Morgan fingerprint density at radius 2 is 1.90 bits per heavy atom. The van der Waals surface area contributed by atoms with Crippen LogP contribution in [0.2, 0.25) is 0 Å². The Morgan fingerprint density at radius 3 is 2.61 bits per heavy atom. The van der Waals surface area contributed by atoms with Crippen molar-refractivity contribution in [3.63, 3.8) is 0 Å². The highest BCUT2D eigenvalue weighted by molar-refractivity contribution is 7.87. The van der Waals surface area contributed by atoms with Crippen molar-refractivity contribution in [2.45, 2.75) is 37.0 Å². The number of benzene rings is 2. The molecule has 3 N–H and O–H groups in total. The number of amides is 1. The highest BCUT2D eigenvalue weighted by Gasteiger charge is 2.46. The number of hydrogen-bond donors (Lipinski definition) is 3. The summed E-state index contributed by atoms with van der Waals surface area (Å²) in [4.78, 5) is 16.9. The van der Waals surface area contributed by atoms with Crippen molar-refractivity contribution in [1.29, 1.82) is 0 Å². The van der Waals surface area contributed by atoms with Crippen LogP contribution in [-0.4, -0.2) is 38.4 Å². The van der Waals surface area contributed by atoms with Gasteiger partial charge in [-0.2, -0.15) is 8.42 Å². The molecule has 3 aromatic rings. The van der Waals surface area contributed by atoms with Gasteiger partial charge in [0.1, 0.15) is 11.5 Å². The third-order valence-corrected chi connectivity index (χ3v) is 8.08. The monoisotopic (exact) mass is 440 g/mol. The summed E-state index contributed by atoms with van der Waals surface area (Å²) in [5, 5.41) is 22.4. The molecule has 1 fully saturated rings. The Balaban J connectivity index is 1.83. The molecule has 1 aromatic heterocycles. The summed E-state index contributed by atoms with van der Waals surface area (Å²) in [5.41, 5.74) is 1.04. The molecule has 160 valence electrons. The van der Waals surface area contributed by atoms with E-state index in [2.05, 4.69) is 4.99 Å². The number of phenols is 1. The number of aromatic nitrogens is 1. The number of aromatic hydroxyl groups is 2. The topological polar surface area (TPSA) is 129 Å². The van der Waals surface area contributed by atoms with Gasteiger partial charge in [-0.15, -0.1) is 0 Å². The van der Waals surface area contributed by atoms with E-state index in [1.807, 2.05) is 0 Å². The van der Waals surface area contributed by atoms with E-state index in [9.17, 15) is 28.0 Å². The van der Waals surface area contributed by atoms with Crippen LogP contribution in [0.1, 0.15) is 37.9 Å². The standard InChI is InChI=1S/C22H20N2O6S/c1-22(31(28,29)30)9-8-12(11-22)24-17-5-3-2-4-14(17)20(26)19(24)18-15-10-13(25)6-7-16(15)23-21(18)27/h2-7,10,12,25-26H,8-9,11H2,1H3,(H,28,29,30). The molecule has 0 bridgehead atoms. The smallest absolute Gasteiger partial charge is 0.280 e. The molecule has 2 heterocycles. The molecule has 1 aliphatic heterocycles. The zero-order valence-corrected chi connectivity index (χ0v) is 17.4. The normalized spacial score (nSPS) is 23.4. The van der Waals surface area contributed by atoms with Crippen molar-refractivity contribution in [3.8, 4) is 11.5 Å². The van der Waals surface area contributed by atoms with E-state index in [0.29, 0.717) is 27.9 Å². The number of rotatable bonds is 3. The summed E-state index contributed by atoms with van der Waals surface area (Å²) in [7, 11) is -4.29. The fourth-order valence-electron chi connectivity index (χ4n) is 4.82. The minimum Gasteiger partial charge on any atom is -0.508 e. The van der Waals surface area contributed by atoms with Gasteiger partial charge in [-0.05, 0) is 56.5 Å². The number of nitrogens with zero attached hydrogens (tertiary/aromatic N) is 2. The second-order valence-electron chi connectivity index (χ2n) is 8.40. The second kappa shape index (κ2) is 6.41. The molecule has 31 heavy (non-hydrogen) atoms. The van der Waals surface area contributed by atoms with Crippen molar-refractivity contribution in [3.05, 3.63) is 58.7 Å². The maximum Gasteiger partial charge on any atom is 0.280 e. The Hall–Kier alpha value is -3.17. The van der Waals surface area contributed by atoms with Gasteiger partial charge in [0.25, 0.3) is 16.0 Å². The van der Waals surface area contributed by atoms with Crippen molar-refractivity contribution in [2.24, 2.45) is 4.99 Å². The molecule has 1 aliphatic carbocycles. The first kappa shape index (κ1) is 19.8. The van der Waals surface area contributed by atoms with Gasteiger partial charge in [-0.3, -0.25) is 9.35 Å². The molecule has 2 atom stereocenters. The number of carbonyl (C=O) groups excluding carboxylic acids is 1. The average Bonchev–Trinajstić information content (AvgIpc) is 3.34. The zero-order valence-electron chi connectivity index (χ0n) is 16.6. The molecular weight excluding hydrogens is 420 g/mol. The van der Waals surface area contributed by atoms with Gasteiger partial charge in [0.05, 0.1) is 26.9 Å². The van der Waals surface area contributed by atoms with E-state index in [1.165, 1.54) is 25.1 Å². The maximum absolute atomic E-state index is 12.9. The van der Waals surface area contributed by atoms with Crippen LogP contribution >= 0.6 is 0 Å². The summed E-state index contributed by atoms with van der Waals surface area (Å²) < 4.78 is 34.2. The lowest BCUT2D eigenvalue weighted by atomic mass is 10.1. The van der Waals surface area contributed by atoms with Crippen LogP contribution in [0.3, 0.4) is 0 Å². The summed E-state index contributed by atoms with van der Waals surface area (Å²) >= 11 is 0. The summed E-state index contributed by atoms with van der Waals surface area (Å²) in [6.45, 7) is 1.50. The first-order valence-electron chi connectivity index (χ1n) is 9.86. The zero-order chi connectivity index (χ0) is 22.1. The first-order chi connectivity index (χ1) is 14.6. The molecule has 2 aliphatic rings. The van der Waals surface area contributed by atoms with E-state index in [0.717, 1.165) is 0 Å². The van der Waals surface area contributed by atoms with Crippen molar-refractivity contribution >= 4 is 32.5 Å². The molecule has 8 nitrogen and oxygen atoms in total. The van der Waals surface area contributed by atoms with Crippen LogP contribution in [0.5, 0.6) is 11.5 Å². The van der Waals surface area contributed by atoms with E-state index in [-0.39, 0.29) is 41.6 Å². The summed E-state index contributed by atoms with van der Waals surface area (Å²) in [5.74, 6) is -0.690. The van der Waals surface area contributed by atoms with Crippen molar-refractivity contribution in [1.82, 2.24) is 4.57 Å². The number of fused-ring (bicyclic) bond motifs is 2. The largest absolute Gasteiger partial charge is 0.508 e. The number of hydrogen-bond acceptors (Lipinski definition) is 5. The Labute approximate surface area is 177 Å². The molecule has 1 saturated carbocycles. The molecule has 2 aromatic carbocycles. The fourth-order valence-corrected chi connectivity index (χ4v) is 5.60. The highest BCUT2D eigenvalue weighted by Crippen LogP contribution is 2.47. The number of phenolic OH excluding ortho intramolecular Hbond substituents is 1. The van der Waals surface area contributed by atoms with Gasteiger partial charge in [-0.25, -0.2) is 4.99 Å². The van der Waals surface area contributed by atoms with Gasteiger partial charge >= 0.3 is 0 Å². The lowest BCUT2D eigenvalue weighted by molar-refractivity contribution is -0.112. The average molecular weight is 440 g/mol. The van der Waals surface area contributed by atoms with Gasteiger partial charge in [0.2, 0.25) is 0 Å². The van der Waals surface area contributed by atoms with Crippen molar-refractivity contribution in [2.75, 3.05) is 0 Å². The maximum atomic E-state index is 12.9. The quantitative estimate of drug-likeness (QED) is 0.533. The van der Waals surface area contributed by atoms with Crippen molar-refractivity contribution < 1.29 is 28.0 Å². The molecular formula is C22H20N2O6S. The molecule has 0 radical (unpaired) electrons. The van der Waals surface area contributed by atoms with Crippen LogP contribution in [0.25, 0.3) is 16.5 Å². The Kier molecular flexibility index (Phi) is 4.09. The lowest BCUT2D eigenvalue weighted by Crippen LogP contribution is -2.32. The second-order valence-corrected chi connectivity index (χ2v) is 10.3. The van der Waals surface area contributed by atoms with Gasteiger partial charge in [-0.1, -0.05) is 12.1 Å². The minimum atomic E-state index is -4.29. The number of para-hydroxylation sites is 1. The molecule has 0 spiro atoms. The molecule has 0 saturated heterocycles. The van der Waals surface area contributed by atoms with E-state index < -0.39 is 20.8 Å². The minimum absolute atomic E-state index is 0.0388. The molecule has 9 heteroatoms. The first-order valence-corrected chi connectivity index (χ1v) is 11.3. The number of carbonyl (C=O) groups is 1. The predicted molar refractivity (Wildman–Crippen MR) is 113 cm³/mol. The molecule has 5 rings (SSSR count). The lowest BCUT2D eigenvalue weighted by Gasteiger charge is -2.22. The van der Waals surface area contributed by atoms with Crippen LogP contribution in [0, 0.1) is 0 Å². The van der Waals surface area contributed by atoms with Crippen LogP contribution < -0.4 is 10.6 Å². The van der Waals surface area contributed by atoms with Crippen LogP contribution in [0.15, 0.2) is 47.5 Å². The van der Waals surface area contributed by atoms with Gasteiger partial charge in [0.15, 0.2) is 0 Å². The van der Waals surface area contributed by atoms with Gasteiger partial charge in [0, 0.05) is 16.6 Å². The van der Waals surface area contributed by atoms with E-state index >= 15 is 0 Å². The Morgan fingerprint density at radius 1 is 1.16 bits per heavy atom. The summed E-state index contributed by atoms with van der Waals surface area (Å²) in [6, 6.07) is 11.1. The molecule has 2 unspecified atom stereocenters. The SMILES string of the molecule is CC1(S(=O)(=O)O)CCC(n2c(C3=c4cc(O)ccc4=NC3=O)c(O)c3ccccc32)C1. The summed E-state index contributed by atoms with van der Waals surface area (Å²) in [6.07, 6.45) is 0.809.